The van der Waals surface area contributed by atoms with E-state index in [9.17, 15) is 22.0 Å². The van der Waals surface area contributed by atoms with E-state index in [1.165, 1.54) is 18.2 Å². The molecule has 10 heteroatoms. The largest absolute Gasteiger partial charge is 0.352 e. The minimum atomic E-state index is -3.73. The molecule has 3 rings (SSSR count). The van der Waals surface area contributed by atoms with Crippen molar-refractivity contribution in [1.29, 1.82) is 0 Å². The van der Waals surface area contributed by atoms with Gasteiger partial charge in [0.25, 0.3) is 10.0 Å². The molecule has 0 radical (unpaired) electrons. The molecule has 0 saturated heterocycles. The van der Waals surface area contributed by atoms with Crippen molar-refractivity contribution in [2.24, 2.45) is 0 Å². The molecule has 2 N–H and O–H groups in total. The van der Waals surface area contributed by atoms with E-state index in [1.54, 1.807) is 23.6 Å². The van der Waals surface area contributed by atoms with Crippen molar-refractivity contribution in [3.63, 3.8) is 0 Å². The zero-order valence-electron chi connectivity index (χ0n) is 15.1. The molecule has 6 nitrogen and oxygen atoms in total. The molecule has 0 spiro atoms. The first-order chi connectivity index (χ1) is 13.8. The number of aryl methyl sites for hydroxylation is 1. The van der Waals surface area contributed by atoms with E-state index >= 15 is 0 Å². The third-order valence-electron chi connectivity index (χ3n) is 3.96. The van der Waals surface area contributed by atoms with Crippen molar-refractivity contribution in [2.75, 3.05) is 4.72 Å². The number of sulfonamides is 1. The van der Waals surface area contributed by atoms with Crippen LogP contribution in [0.5, 0.6) is 0 Å². The lowest BCUT2D eigenvalue weighted by Crippen LogP contribution is -2.24. The topological polar surface area (TPSA) is 88.2 Å². The number of rotatable bonds is 8. The number of thiazole rings is 1. The fourth-order valence-corrected chi connectivity index (χ4v) is 4.48. The number of aromatic nitrogens is 1. The number of halogens is 2. The van der Waals surface area contributed by atoms with Gasteiger partial charge in [0.15, 0.2) is 5.13 Å². The second-order valence-corrected chi connectivity index (χ2v) is 8.58. The summed E-state index contributed by atoms with van der Waals surface area (Å²) in [5, 5.41) is 4.30. The summed E-state index contributed by atoms with van der Waals surface area (Å²) in [5.41, 5.74) is 0.333. The summed E-state index contributed by atoms with van der Waals surface area (Å²) in [6, 6.07) is 11.4. The SMILES string of the molecule is O=C(CCc1csc(NS(=O)(=O)c2ccccc2)n1)NCc1c(F)cccc1F. The number of nitrogens with one attached hydrogen (secondary N) is 2. The number of carbonyl (C=O) groups is 1. The molecule has 0 saturated carbocycles. The van der Waals surface area contributed by atoms with Gasteiger partial charge in [-0.2, -0.15) is 0 Å². The third-order valence-corrected chi connectivity index (χ3v) is 6.25. The molecule has 0 unspecified atom stereocenters. The fourth-order valence-electron chi connectivity index (χ4n) is 2.46. The summed E-state index contributed by atoms with van der Waals surface area (Å²) in [6.07, 6.45) is 0.305. The number of anilines is 1. The van der Waals surface area contributed by atoms with Gasteiger partial charge in [-0.15, -0.1) is 11.3 Å². The lowest BCUT2D eigenvalue weighted by molar-refractivity contribution is -0.121. The molecule has 0 fully saturated rings. The highest BCUT2D eigenvalue weighted by atomic mass is 32.2. The monoisotopic (exact) mass is 437 g/mol. The maximum atomic E-state index is 13.6. The van der Waals surface area contributed by atoms with E-state index in [0.29, 0.717) is 5.69 Å². The second-order valence-electron chi connectivity index (χ2n) is 6.04. The summed E-state index contributed by atoms with van der Waals surface area (Å²) in [7, 11) is -3.73. The van der Waals surface area contributed by atoms with E-state index < -0.39 is 27.6 Å². The van der Waals surface area contributed by atoms with Crippen molar-refractivity contribution in [3.05, 3.63) is 76.8 Å². The highest BCUT2D eigenvalue weighted by molar-refractivity contribution is 7.93. The Balaban J connectivity index is 1.52. The van der Waals surface area contributed by atoms with Crippen LogP contribution in [0.15, 0.2) is 58.8 Å². The van der Waals surface area contributed by atoms with Gasteiger partial charge in [-0.1, -0.05) is 24.3 Å². The first kappa shape index (κ1) is 20.9. The van der Waals surface area contributed by atoms with Gasteiger partial charge in [-0.3, -0.25) is 9.52 Å². The lowest BCUT2D eigenvalue weighted by Gasteiger charge is -2.07. The molecule has 2 aromatic carbocycles. The van der Waals surface area contributed by atoms with Crippen molar-refractivity contribution in [3.8, 4) is 0 Å². The summed E-state index contributed by atoms with van der Waals surface area (Å²) < 4.78 is 54.1. The quantitative estimate of drug-likeness (QED) is 0.565. The maximum absolute atomic E-state index is 13.6. The van der Waals surface area contributed by atoms with Crippen LogP contribution in [0.1, 0.15) is 17.7 Å². The number of benzene rings is 2. The average Bonchev–Trinajstić information content (AvgIpc) is 3.13. The Morgan fingerprint density at radius 2 is 1.72 bits per heavy atom. The molecule has 3 aromatic rings. The smallest absolute Gasteiger partial charge is 0.263 e. The van der Waals surface area contributed by atoms with E-state index in [-0.39, 0.29) is 35.0 Å². The normalized spacial score (nSPS) is 11.2. The second kappa shape index (κ2) is 9.10. The summed E-state index contributed by atoms with van der Waals surface area (Å²) in [6.45, 7) is -0.253. The molecule has 0 aliphatic carbocycles. The van der Waals surface area contributed by atoms with Gasteiger partial charge in [0, 0.05) is 23.9 Å². The zero-order chi connectivity index (χ0) is 20.9. The Labute approximate surface area is 170 Å². The Morgan fingerprint density at radius 1 is 1.03 bits per heavy atom. The predicted octanol–water partition coefficient (Wildman–Crippen LogP) is 3.47. The minimum absolute atomic E-state index is 0.0463. The number of hydrogen-bond donors (Lipinski definition) is 2. The van der Waals surface area contributed by atoms with Crippen LogP contribution in [0.4, 0.5) is 13.9 Å². The van der Waals surface area contributed by atoms with Crippen molar-refractivity contribution < 1.29 is 22.0 Å². The Kier molecular flexibility index (Phi) is 6.55. The zero-order valence-corrected chi connectivity index (χ0v) is 16.7. The molecular formula is C19H17F2N3O3S2. The summed E-state index contributed by atoms with van der Waals surface area (Å²) in [4.78, 5) is 16.2. The number of hydrogen-bond acceptors (Lipinski definition) is 5. The van der Waals surface area contributed by atoms with Crippen LogP contribution in [0.3, 0.4) is 0 Å². The first-order valence-corrected chi connectivity index (χ1v) is 10.9. The number of amides is 1. The Bertz CT molecular complexity index is 1080. The van der Waals surface area contributed by atoms with Crippen LogP contribution in [-0.4, -0.2) is 19.3 Å². The Hall–Kier alpha value is -2.85. The predicted molar refractivity (Wildman–Crippen MR) is 106 cm³/mol. The van der Waals surface area contributed by atoms with Crippen LogP contribution in [0.25, 0.3) is 0 Å². The van der Waals surface area contributed by atoms with Crippen LogP contribution >= 0.6 is 11.3 Å². The van der Waals surface area contributed by atoms with Crippen LogP contribution in [0, 0.1) is 11.6 Å². The van der Waals surface area contributed by atoms with Gasteiger partial charge in [0.1, 0.15) is 11.6 Å². The van der Waals surface area contributed by atoms with E-state index in [1.807, 2.05) is 0 Å². The molecule has 0 aliphatic heterocycles. The molecule has 0 aliphatic rings. The first-order valence-electron chi connectivity index (χ1n) is 8.57. The molecule has 152 valence electrons. The lowest BCUT2D eigenvalue weighted by atomic mass is 10.2. The van der Waals surface area contributed by atoms with Crippen LogP contribution in [0.2, 0.25) is 0 Å². The minimum Gasteiger partial charge on any atom is -0.352 e. The Morgan fingerprint density at radius 3 is 2.41 bits per heavy atom. The van der Waals surface area contributed by atoms with Crippen molar-refractivity contribution >= 4 is 32.4 Å². The van der Waals surface area contributed by atoms with Gasteiger partial charge < -0.3 is 5.32 Å². The fraction of sp³-hybridized carbons (Fsp3) is 0.158. The van der Waals surface area contributed by atoms with E-state index in [2.05, 4.69) is 15.0 Å². The molecule has 0 bridgehead atoms. The molecule has 0 atom stereocenters. The summed E-state index contributed by atoms with van der Waals surface area (Å²) >= 11 is 1.10. The molecule has 1 heterocycles. The van der Waals surface area contributed by atoms with E-state index in [4.69, 9.17) is 0 Å². The van der Waals surface area contributed by atoms with Gasteiger partial charge in [0.2, 0.25) is 5.91 Å². The highest BCUT2D eigenvalue weighted by Gasteiger charge is 2.16. The summed E-state index contributed by atoms with van der Waals surface area (Å²) in [5.74, 6) is -1.84. The molecule has 29 heavy (non-hydrogen) atoms. The van der Waals surface area contributed by atoms with Gasteiger partial charge in [-0.25, -0.2) is 22.2 Å². The van der Waals surface area contributed by atoms with Crippen molar-refractivity contribution in [1.82, 2.24) is 10.3 Å². The van der Waals surface area contributed by atoms with Crippen molar-refractivity contribution in [2.45, 2.75) is 24.3 Å². The molecular weight excluding hydrogens is 420 g/mol. The number of carbonyl (C=O) groups excluding carboxylic acids is 1. The standard InChI is InChI=1S/C19H17F2N3O3S2/c20-16-7-4-8-17(21)15(16)11-22-18(25)10-9-13-12-28-19(23-13)24-29(26,27)14-5-2-1-3-6-14/h1-8,12H,9-11H2,(H,22,25)(H,23,24). The molecule has 1 aromatic heterocycles. The third kappa shape index (κ3) is 5.58. The van der Waals surface area contributed by atoms with Crippen LogP contribution < -0.4 is 10.0 Å². The van der Waals surface area contributed by atoms with Gasteiger partial charge in [-0.05, 0) is 30.7 Å². The maximum Gasteiger partial charge on any atom is 0.263 e. The van der Waals surface area contributed by atoms with Gasteiger partial charge >= 0.3 is 0 Å². The molecule has 1 amide bonds. The van der Waals surface area contributed by atoms with Gasteiger partial charge in [0.05, 0.1) is 10.6 Å². The highest BCUT2D eigenvalue weighted by Crippen LogP contribution is 2.21. The van der Waals surface area contributed by atoms with Crippen LogP contribution in [-0.2, 0) is 27.8 Å². The number of nitrogens with zero attached hydrogens (tertiary/aromatic N) is 1. The average molecular weight is 437 g/mol. The van der Waals surface area contributed by atoms with E-state index in [0.717, 1.165) is 23.5 Å².